The molecule has 1 saturated heterocycles. The molecule has 1 aliphatic rings. The van der Waals surface area contributed by atoms with E-state index < -0.39 is 0 Å². The predicted molar refractivity (Wildman–Crippen MR) is 81.6 cm³/mol. The van der Waals surface area contributed by atoms with Gasteiger partial charge in [-0.25, -0.2) is 0 Å². The molecule has 1 nitrogen and oxygen atoms in total. The highest BCUT2D eigenvalue weighted by atomic mass is 79.9. The van der Waals surface area contributed by atoms with E-state index in [0.29, 0.717) is 12.0 Å². The molecule has 0 radical (unpaired) electrons. The topological polar surface area (TPSA) is 9.23 Å². The Morgan fingerprint density at radius 2 is 2.33 bits per heavy atom. The maximum absolute atomic E-state index is 6.66. The van der Waals surface area contributed by atoms with Gasteiger partial charge in [-0.15, -0.1) is 22.9 Å². The Balaban J connectivity index is 1.97. The predicted octanol–water partition coefficient (Wildman–Crippen LogP) is 5.37. The second kappa shape index (κ2) is 5.12. The molecule has 0 saturated carbocycles. The first-order chi connectivity index (χ1) is 8.66. The monoisotopic (exact) mass is 344 g/mol. The van der Waals surface area contributed by atoms with E-state index in [9.17, 15) is 0 Å². The summed E-state index contributed by atoms with van der Waals surface area (Å²) in [5, 5.41) is 3.52. The van der Waals surface area contributed by atoms with Crippen molar-refractivity contribution in [2.75, 3.05) is 6.61 Å². The summed E-state index contributed by atoms with van der Waals surface area (Å²) in [6.45, 7) is 2.90. The van der Waals surface area contributed by atoms with Crippen LogP contribution in [-0.4, -0.2) is 12.7 Å². The van der Waals surface area contributed by atoms with Gasteiger partial charge in [0.15, 0.2) is 0 Å². The molecule has 2 heterocycles. The van der Waals surface area contributed by atoms with Crippen molar-refractivity contribution in [3.63, 3.8) is 0 Å². The molecule has 0 amide bonds. The quantitative estimate of drug-likeness (QED) is 0.665. The number of alkyl halides is 1. The third-order valence-electron chi connectivity index (χ3n) is 3.52. The molecule has 0 spiro atoms. The molecule has 96 valence electrons. The number of ether oxygens (including phenoxy) is 1. The van der Waals surface area contributed by atoms with Crippen LogP contribution in [-0.2, 0) is 4.74 Å². The van der Waals surface area contributed by atoms with Gasteiger partial charge in [0.1, 0.15) is 0 Å². The molecule has 3 unspecified atom stereocenters. The van der Waals surface area contributed by atoms with Crippen molar-refractivity contribution >= 4 is 49.0 Å². The lowest BCUT2D eigenvalue weighted by atomic mass is 9.96. The fraction of sp³-hybridized carbons (Fsp3) is 0.429. The molecule has 0 aliphatic carbocycles. The Labute approximate surface area is 124 Å². The van der Waals surface area contributed by atoms with Crippen LogP contribution in [0.1, 0.15) is 24.3 Å². The van der Waals surface area contributed by atoms with Crippen molar-refractivity contribution in [3.8, 4) is 0 Å². The van der Waals surface area contributed by atoms with Gasteiger partial charge in [-0.1, -0.05) is 12.1 Å². The molecule has 2 aromatic rings. The minimum absolute atomic E-state index is 0.0537. The van der Waals surface area contributed by atoms with E-state index in [4.69, 9.17) is 16.3 Å². The van der Waals surface area contributed by atoms with E-state index in [1.165, 1.54) is 15.6 Å². The van der Waals surface area contributed by atoms with Crippen LogP contribution in [0.4, 0.5) is 0 Å². The highest BCUT2D eigenvalue weighted by Gasteiger charge is 2.30. The van der Waals surface area contributed by atoms with Crippen LogP contribution in [0.25, 0.3) is 10.1 Å². The molecular formula is C14H14BrClOS. The van der Waals surface area contributed by atoms with Crippen molar-refractivity contribution in [2.24, 2.45) is 5.92 Å². The summed E-state index contributed by atoms with van der Waals surface area (Å²) >= 11 is 12.0. The fourth-order valence-electron chi connectivity index (χ4n) is 2.56. The summed E-state index contributed by atoms with van der Waals surface area (Å²) in [7, 11) is 0. The summed E-state index contributed by atoms with van der Waals surface area (Å²) in [4.78, 5) is 0. The van der Waals surface area contributed by atoms with Gasteiger partial charge >= 0.3 is 0 Å². The van der Waals surface area contributed by atoms with Crippen LogP contribution in [0.3, 0.4) is 0 Å². The van der Waals surface area contributed by atoms with E-state index >= 15 is 0 Å². The number of halogens is 2. The van der Waals surface area contributed by atoms with E-state index in [-0.39, 0.29) is 5.38 Å². The molecule has 1 aromatic carbocycles. The Hall–Kier alpha value is -0.0900. The van der Waals surface area contributed by atoms with Crippen LogP contribution in [0.5, 0.6) is 0 Å². The zero-order valence-corrected chi connectivity index (χ0v) is 13.2. The summed E-state index contributed by atoms with van der Waals surface area (Å²) in [5.41, 5.74) is 1.25. The SMILES string of the molecule is CC1CC(C(Cl)c2csc3c(Br)cccc23)CO1. The number of rotatable bonds is 2. The Kier molecular flexibility index (Phi) is 3.68. The Morgan fingerprint density at radius 3 is 3.06 bits per heavy atom. The molecule has 18 heavy (non-hydrogen) atoms. The van der Waals surface area contributed by atoms with Crippen LogP contribution in [0.2, 0.25) is 0 Å². The lowest BCUT2D eigenvalue weighted by molar-refractivity contribution is 0.120. The van der Waals surface area contributed by atoms with Gasteiger partial charge in [-0.05, 0) is 51.7 Å². The molecule has 1 aliphatic heterocycles. The van der Waals surface area contributed by atoms with E-state index in [0.717, 1.165) is 17.5 Å². The van der Waals surface area contributed by atoms with Gasteiger partial charge in [0, 0.05) is 15.1 Å². The molecule has 1 fully saturated rings. The largest absolute Gasteiger partial charge is 0.378 e. The summed E-state index contributed by atoms with van der Waals surface area (Å²) in [6, 6.07) is 6.30. The number of thiophene rings is 1. The highest BCUT2D eigenvalue weighted by Crippen LogP contribution is 2.43. The van der Waals surface area contributed by atoms with Crippen LogP contribution in [0, 0.1) is 5.92 Å². The summed E-state index contributed by atoms with van der Waals surface area (Å²) in [5.74, 6) is 0.429. The van der Waals surface area contributed by atoms with Crippen molar-refractivity contribution < 1.29 is 4.74 Å². The van der Waals surface area contributed by atoms with Gasteiger partial charge in [0.2, 0.25) is 0 Å². The highest BCUT2D eigenvalue weighted by molar-refractivity contribution is 9.10. The number of hydrogen-bond donors (Lipinski definition) is 0. The molecular weight excluding hydrogens is 332 g/mol. The zero-order valence-electron chi connectivity index (χ0n) is 10.0. The van der Waals surface area contributed by atoms with Crippen LogP contribution < -0.4 is 0 Å². The van der Waals surface area contributed by atoms with E-state index in [2.05, 4.69) is 46.4 Å². The van der Waals surface area contributed by atoms with Gasteiger partial charge in [0.05, 0.1) is 18.1 Å². The number of fused-ring (bicyclic) bond motifs is 1. The first-order valence-corrected chi connectivity index (χ1v) is 8.19. The number of benzene rings is 1. The Morgan fingerprint density at radius 1 is 1.50 bits per heavy atom. The third-order valence-corrected chi connectivity index (χ3v) is 6.08. The molecule has 0 bridgehead atoms. The molecule has 0 N–H and O–H groups in total. The van der Waals surface area contributed by atoms with Crippen molar-refractivity contribution in [3.05, 3.63) is 33.6 Å². The first kappa shape index (κ1) is 12.9. The zero-order chi connectivity index (χ0) is 12.7. The van der Waals surface area contributed by atoms with Crippen LogP contribution in [0.15, 0.2) is 28.1 Å². The van der Waals surface area contributed by atoms with Crippen molar-refractivity contribution in [1.29, 1.82) is 0 Å². The molecule has 3 atom stereocenters. The summed E-state index contributed by atoms with van der Waals surface area (Å²) < 4.78 is 8.06. The standard InChI is InChI=1S/C14H14BrClOS/c1-8-5-9(6-17-8)13(16)11-7-18-14-10(11)3-2-4-12(14)15/h2-4,7-9,13H,5-6H2,1H3. The lowest BCUT2D eigenvalue weighted by Gasteiger charge is -2.15. The fourth-order valence-corrected chi connectivity index (χ4v) is 4.65. The van der Waals surface area contributed by atoms with Crippen LogP contribution >= 0.6 is 38.9 Å². The van der Waals surface area contributed by atoms with Gasteiger partial charge < -0.3 is 4.74 Å². The molecule has 4 heteroatoms. The second-order valence-electron chi connectivity index (χ2n) is 4.85. The van der Waals surface area contributed by atoms with E-state index in [1.807, 2.05) is 0 Å². The summed E-state index contributed by atoms with van der Waals surface area (Å²) in [6.07, 6.45) is 1.40. The van der Waals surface area contributed by atoms with Gasteiger partial charge in [0.25, 0.3) is 0 Å². The Bertz CT molecular complexity index is 568. The van der Waals surface area contributed by atoms with Gasteiger partial charge in [-0.3, -0.25) is 0 Å². The molecule has 3 rings (SSSR count). The smallest absolute Gasteiger partial charge is 0.0650 e. The normalized spacial score (nSPS) is 25.7. The van der Waals surface area contributed by atoms with Gasteiger partial charge in [-0.2, -0.15) is 0 Å². The average Bonchev–Trinajstić information content (AvgIpc) is 2.95. The lowest BCUT2D eigenvalue weighted by Crippen LogP contribution is -2.07. The minimum atomic E-state index is 0.0537. The average molecular weight is 346 g/mol. The third kappa shape index (κ3) is 2.22. The van der Waals surface area contributed by atoms with Crippen molar-refractivity contribution in [1.82, 2.24) is 0 Å². The molecule has 1 aromatic heterocycles. The minimum Gasteiger partial charge on any atom is -0.378 e. The first-order valence-electron chi connectivity index (χ1n) is 6.08. The maximum atomic E-state index is 6.66. The van der Waals surface area contributed by atoms with Crippen molar-refractivity contribution in [2.45, 2.75) is 24.8 Å². The van der Waals surface area contributed by atoms with E-state index in [1.54, 1.807) is 11.3 Å². The second-order valence-corrected chi connectivity index (χ2v) is 7.05. The maximum Gasteiger partial charge on any atom is 0.0650 e. The number of hydrogen-bond acceptors (Lipinski definition) is 2.